The quantitative estimate of drug-likeness (QED) is 0.440. The molecule has 2 aliphatic heterocycles. The maximum atomic E-state index is 13.1. The summed E-state index contributed by atoms with van der Waals surface area (Å²) in [5.74, 6) is -1.09. The molecule has 5 rings (SSSR count). The average Bonchev–Trinajstić information content (AvgIpc) is 3.14. The third-order valence-corrected chi connectivity index (χ3v) is 7.60. The fourth-order valence-corrected chi connectivity index (χ4v) is 5.04. The molecule has 0 spiro atoms. The lowest BCUT2D eigenvalue weighted by Crippen LogP contribution is -2.49. The number of halogens is 2. The van der Waals surface area contributed by atoms with Gasteiger partial charge in [-0.3, -0.25) is 14.4 Å². The highest BCUT2D eigenvalue weighted by molar-refractivity contribution is 6.53. The van der Waals surface area contributed by atoms with Gasteiger partial charge in [-0.1, -0.05) is 59.6 Å². The maximum absolute atomic E-state index is 13.1. The summed E-state index contributed by atoms with van der Waals surface area (Å²) in [6, 6.07) is 22.4. The van der Waals surface area contributed by atoms with Crippen LogP contribution in [0.2, 0.25) is 5.02 Å². The van der Waals surface area contributed by atoms with Crippen LogP contribution in [0.15, 0.2) is 83.5 Å². The van der Waals surface area contributed by atoms with Crippen LogP contribution in [0.25, 0.3) is 0 Å². The van der Waals surface area contributed by atoms with Crippen LogP contribution in [0, 0.1) is 6.92 Å². The number of carbonyl (C=O) groups is 3. The van der Waals surface area contributed by atoms with E-state index in [1.165, 1.54) is 5.69 Å². The summed E-state index contributed by atoms with van der Waals surface area (Å²) in [6.07, 6.45) is 0.286. The van der Waals surface area contributed by atoms with Gasteiger partial charge >= 0.3 is 0 Å². The molecule has 2 aliphatic rings. The topological polar surface area (TPSA) is 73.0 Å². The minimum absolute atomic E-state index is 0.00356. The highest BCUT2D eigenvalue weighted by Crippen LogP contribution is 2.34. The molecule has 0 aliphatic carbocycles. The molecule has 1 N–H and O–H groups in total. The van der Waals surface area contributed by atoms with Gasteiger partial charge in [0.05, 0.1) is 12.1 Å². The Balaban J connectivity index is 1.20. The molecule has 3 amide bonds. The fourth-order valence-electron chi connectivity index (χ4n) is 4.66. The number of piperazine rings is 1. The van der Waals surface area contributed by atoms with Gasteiger partial charge < -0.3 is 15.1 Å². The predicted molar refractivity (Wildman–Crippen MR) is 151 cm³/mol. The lowest BCUT2D eigenvalue weighted by Gasteiger charge is -2.36. The Hall–Kier alpha value is -3.81. The van der Waals surface area contributed by atoms with E-state index in [-0.39, 0.29) is 23.1 Å². The summed E-state index contributed by atoms with van der Waals surface area (Å²) in [7, 11) is 0. The lowest BCUT2D eigenvalue weighted by atomic mass is 10.1. The molecule has 0 saturated carbocycles. The molecule has 7 nitrogen and oxygen atoms in total. The molecule has 194 valence electrons. The Morgan fingerprint density at radius 1 is 0.842 bits per heavy atom. The standard InChI is InChI=1S/C29H26Cl2N4O3/c1-19-23(30)8-5-9-24(19)35-28(37)26(31)27(29(35)38)32-21-12-10-20(11-13-21)18-25(36)34-16-14-33(15-17-34)22-6-3-2-4-7-22/h2-13,32H,14-18H2,1H3. The molecule has 0 bridgehead atoms. The van der Waals surface area contributed by atoms with Gasteiger partial charge in [0.1, 0.15) is 10.7 Å². The SMILES string of the molecule is Cc1c(Cl)cccc1N1C(=O)C(Cl)=C(Nc2ccc(CC(=O)N3CCN(c4ccccc4)CC3)cc2)C1=O. The number of anilines is 3. The number of rotatable bonds is 6. The highest BCUT2D eigenvalue weighted by atomic mass is 35.5. The van der Waals surface area contributed by atoms with Crippen molar-refractivity contribution >= 4 is 58.0 Å². The van der Waals surface area contributed by atoms with E-state index in [0.29, 0.717) is 35.1 Å². The van der Waals surface area contributed by atoms with Crippen molar-refractivity contribution in [3.05, 3.63) is 99.7 Å². The zero-order valence-corrected chi connectivity index (χ0v) is 22.3. The van der Waals surface area contributed by atoms with Gasteiger partial charge in [0.2, 0.25) is 5.91 Å². The van der Waals surface area contributed by atoms with Gasteiger partial charge in [-0.25, -0.2) is 4.90 Å². The Morgan fingerprint density at radius 2 is 1.53 bits per heavy atom. The molecule has 38 heavy (non-hydrogen) atoms. The summed E-state index contributed by atoms with van der Waals surface area (Å²) in [5, 5.41) is 3.23. The van der Waals surface area contributed by atoms with Crippen molar-refractivity contribution in [3.63, 3.8) is 0 Å². The van der Waals surface area contributed by atoms with Crippen LogP contribution in [-0.4, -0.2) is 48.8 Å². The molecule has 0 atom stereocenters. The number of para-hydroxylation sites is 1. The van der Waals surface area contributed by atoms with Gasteiger partial charge in [-0.15, -0.1) is 0 Å². The Kier molecular flexibility index (Phi) is 7.40. The van der Waals surface area contributed by atoms with E-state index in [2.05, 4.69) is 22.3 Å². The number of amides is 3. The second kappa shape index (κ2) is 10.9. The molecule has 0 unspecified atom stereocenters. The van der Waals surface area contributed by atoms with Crippen LogP contribution >= 0.6 is 23.2 Å². The molecule has 3 aromatic carbocycles. The molecule has 0 radical (unpaired) electrons. The van der Waals surface area contributed by atoms with Gasteiger partial charge in [0, 0.05) is 42.6 Å². The van der Waals surface area contributed by atoms with Crippen molar-refractivity contribution in [1.29, 1.82) is 0 Å². The molecule has 1 saturated heterocycles. The van der Waals surface area contributed by atoms with Crippen LogP contribution in [-0.2, 0) is 20.8 Å². The van der Waals surface area contributed by atoms with Crippen LogP contribution in [0.3, 0.4) is 0 Å². The third-order valence-electron chi connectivity index (χ3n) is 6.84. The summed E-state index contributed by atoms with van der Waals surface area (Å²) < 4.78 is 0. The first-order valence-electron chi connectivity index (χ1n) is 12.3. The minimum atomic E-state index is -0.612. The normalized spacial score (nSPS) is 15.9. The summed E-state index contributed by atoms with van der Waals surface area (Å²) in [5.41, 5.74) is 3.60. The maximum Gasteiger partial charge on any atom is 0.283 e. The first-order chi connectivity index (χ1) is 18.3. The third kappa shape index (κ3) is 5.12. The molecule has 3 aromatic rings. The number of carbonyl (C=O) groups excluding carboxylic acids is 3. The Morgan fingerprint density at radius 3 is 2.21 bits per heavy atom. The first kappa shape index (κ1) is 25.8. The van der Waals surface area contributed by atoms with Crippen molar-refractivity contribution in [2.75, 3.05) is 41.3 Å². The Labute approximate surface area is 231 Å². The van der Waals surface area contributed by atoms with Gasteiger partial charge in [-0.2, -0.15) is 0 Å². The van der Waals surface area contributed by atoms with E-state index in [1.807, 2.05) is 35.2 Å². The number of benzene rings is 3. The second-order valence-corrected chi connectivity index (χ2v) is 10.0. The van der Waals surface area contributed by atoms with Crippen molar-refractivity contribution in [2.45, 2.75) is 13.3 Å². The Bertz CT molecular complexity index is 1420. The van der Waals surface area contributed by atoms with E-state index < -0.39 is 11.8 Å². The van der Waals surface area contributed by atoms with Crippen LogP contribution < -0.4 is 15.1 Å². The molecular weight excluding hydrogens is 523 g/mol. The van der Waals surface area contributed by atoms with Crippen molar-refractivity contribution in [3.8, 4) is 0 Å². The lowest BCUT2D eigenvalue weighted by molar-refractivity contribution is -0.130. The summed E-state index contributed by atoms with van der Waals surface area (Å²) in [4.78, 5) is 44.0. The number of hydrogen-bond acceptors (Lipinski definition) is 5. The van der Waals surface area contributed by atoms with Gasteiger partial charge in [-0.05, 0) is 54.4 Å². The molecule has 2 heterocycles. The van der Waals surface area contributed by atoms with Crippen LogP contribution in [0.5, 0.6) is 0 Å². The minimum Gasteiger partial charge on any atom is -0.368 e. The van der Waals surface area contributed by atoms with Crippen molar-refractivity contribution in [2.24, 2.45) is 0 Å². The molecule has 1 fully saturated rings. The average molecular weight is 549 g/mol. The van der Waals surface area contributed by atoms with E-state index in [0.717, 1.165) is 23.6 Å². The second-order valence-electron chi connectivity index (χ2n) is 9.22. The predicted octanol–water partition coefficient (Wildman–Crippen LogP) is 4.98. The largest absolute Gasteiger partial charge is 0.368 e. The molecular formula is C29H26Cl2N4O3. The number of nitrogens with zero attached hydrogens (tertiary/aromatic N) is 3. The van der Waals surface area contributed by atoms with Crippen LogP contribution in [0.4, 0.5) is 17.1 Å². The van der Waals surface area contributed by atoms with E-state index in [1.54, 1.807) is 37.3 Å². The first-order valence-corrected chi connectivity index (χ1v) is 13.1. The fraction of sp³-hybridized carbons (Fsp3) is 0.207. The van der Waals surface area contributed by atoms with E-state index >= 15 is 0 Å². The van der Waals surface area contributed by atoms with Gasteiger partial charge in [0.25, 0.3) is 11.8 Å². The highest BCUT2D eigenvalue weighted by Gasteiger charge is 2.39. The monoisotopic (exact) mass is 548 g/mol. The van der Waals surface area contributed by atoms with E-state index in [9.17, 15) is 14.4 Å². The smallest absolute Gasteiger partial charge is 0.283 e. The van der Waals surface area contributed by atoms with Crippen LogP contribution in [0.1, 0.15) is 11.1 Å². The summed E-state index contributed by atoms with van der Waals surface area (Å²) >= 11 is 12.4. The molecule has 9 heteroatoms. The molecule has 0 aromatic heterocycles. The zero-order valence-electron chi connectivity index (χ0n) is 20.8. The number of nitrogens with one attached hydrogen (secondary N) is 1. The number of imide groups is 1. The van der Waals surface area contributed by atoms with Gasteiger partial charge in [0.15, 0.2) is 0 Å². The van der Waals surface area contributed by atoms with Crippen molar-refractivity contribution < 1.29 is 14.4 Å². The van der Waals surface area contributed by atoms with E-state index in [4.69, 9.17) is 23.2 Å². The summed E-state index contributed by atoms with van der Waals surface area (Å²) in [6.45, 7) is 4.69. The number of hydrogen-bond donors (Lipinski definition) is 1. The zero-order chi connectivity index (χ0) is 26.8. The van der Waals surface area contributed by atoms with Crippen molar-refractivity contribution in [1.82, 2.24) is 4.90 Å².